The Hall–Kier alpha value is -2.51. The maximum atomic E-state index is 11.9. The highest BCUT2D eigenvalue weighted by Gasteiger charge is 2.29. The van der Waals surface area contributed by atoms with Crippen LogP contribution in [0.25, 0.3) is 0 Å². The zero-order valence-corrected chi connectivity index (χ0v) is 14.0. The van der Waals surface area contributed by atoms with Crippen LogP contribution in [0.5, 0.6) is 0 Å². The summed E-state index contributed by atoms with van der Waals surface area (Å²) in [5.74, 6) is -1.54. The van der Waals surface area contributed by atoms with Crippen molar-refractivity contribution in [2.45, 2.75) is 39.7 Å². The van der Waals surface area contributed by atoms with Gasteiger partial charge in [0.2, 0.25) is 0 Å². The maximum absolute atomic E-state index is 11.9. The lowest BCUT2D eigenvalue weighted by molar-refractivity contribution is -0.512. The van der Waals surface area contributed by atoms with Gasteiger partial charge in [-0.2, -0.15) is 4.89 Å². The van der Waals surface area contributed by atoms with Crippen LogP contribution in [-0.4, -0.2) is 23.4 Å². The molecular formula is C17H19NO6. The van der Waals surface area contributed by atoms with Gasteiger partial charge in [-0.25, -0.2) is 9.69 Å². The molecule has 1 aliphatic rings. The molecule has 24 heavy (non-hydrogen) atoms. The molecule has 0 N–H and O–H groups in total. The Bertz CT molecular complexity index is 690. The molecule has 7 nitrogen and oxygen atoms in total. The lowest BCUT2D eigenvalue weighted by Crippen LogP contribution is -2.30. The van der Waals surface area contributed by atoms with Gasteiger partial charge in [0.15, 0.2) is 0 Å². The van der Waals surface area contributed by atoms with Crippen LogP contribution in [0.4, 0.5) is 5.69 Å². The molecule has 0 spiro atoms. The molecule has 0 radical (unpaired) electrons. The third-order valence-electron chi connectivity index (χ3n) is 3.68. The second-order valence-corrected chi connectivity index (χ2v) is 5.99. The molecule has 7 heteroatoms. The third kappa shape index (κ3) is 3.87. The van der Waals surface area contributed by atoms with Gasteiger partial charge >= 0.3 is 5.97 Å². The zero-order chi connectivity index (χ0) is 17.9. The first-order chi connectivity index (χ1) is 11.2. The highest BCUT2D eigenvalue weighted by atomic mass is 17.5. The van der Waals surface area contributed by atoms with E-state index >= 15 is 0 Å². The largest absolute Gasteiger partial charge is 0.376 e. The SMILES string of the molecule is CCC(C)(C)OOOC(=O)c1ccc(N2C(=O)C=C(C)C2=O)cc1. The van der Waals surface area contributed by atoms with E-state index in [9.17, 15) is 14.4 Å². The summed E-state index contributed by atoms with van der Waals surface area (Å²) in [6.45, 7) is 7.05. The topological polar surface area (TPSA) is 82.1 Å². The molecule has 0 fully saturated rings. The minimum Gasteiger partial charge on any atom is -0.269 e. The van der Waals surface area contributed by atoms with Gasteiger partial charge in [0, 0.05) is 11.6 Å². The van der Waals surface area contributed by atoms with E-state index in [2.05, 4.69) is 9.93 Å². The minimum atomic E-state index is -0.748. The number of anilines is 1. The van der Waals surface area contributed by atoms with E-state index in [1.54, 1.807) is 20.8 Å². The predicted molar refractivity (Wildman–Crippen MR) is 84.6 cm³/mol. The predicted octanol–water partition coefficient (Wildman–Crippen LogP) is 2.71. The van der Waals surface area contributed by atoms with Crippen molar-refractivity contribution in [1.29, 1.82) is 0 Å². The number of imide groups is 1. The molecule has 0 saturated heterocycles. The van der Waals surface area contributed by atoms with E-state index < -0.39 is 17.5 Å². The fraction of sp³-hybridized carbons (Fsp3) is 0.353. The molecule has 128 valence electrons. The summed E-state index contributed by atoms with van der Waals surface area (Å²) in [6.07, 6.45) is 1.94. The van der Waals surface area contributed by atoms with Crippen molar-refractivity contribution in [2.24, 2.45) is 0 Å². The number of hydrogen-bond donors (Lipinski definition) is 0. The van der Waals surface area contributed by atoms with Crippen molar-refractivity contribution in [3.05, 3.63) is 41.5 Å². The molecule has 0 saturated carbocycles. The van der Waals surface area contributed by atoms with Gasteiger partial charge in [0.05, 0.1) is 11.3 Å². The number of amides is 2. The molecular weight excluding hydrogens is 314 g/mol. The second-order valence-electron chi connectivity index (χ2n) is 5.99. The summed E-state index contributed by atoms with van der Waals surface area (Å²) in [6, 6.07) is 5.83. The van der Waals surface area contributed by atoms with Crippen LogP contribution < -0.4 is 4.90 Å². The summed E-state index contributed by atoms with van der Waals surface area (Å²) < 4.78 is 0. The summed E-state index contributed by atoms with van der Waals surface area (Å²) in [5, 5.41) is 4.51. The highest BCUT2D eigenvalue weighted by Crippen LogP contribution is 2.23. The van der Waals surface area contributed by atoms with Crippen LogP contribution in [0.2, 0.25) is 0 Å². The molecule has 0 aromatic heterocycles. The number of carbonyl (C=O) groups is 3. The van der Waals surface area contributed by atoms with Crippen molar-refractivity contribution < 1.29 is 29.2 Å². The molecule has 1 aromatic rings. The van der Waals surface area contributed by atoms with E-state index in [0.29, 0.717) is 17.7 Å². The Balaban J connectivity index is 1.98. The van der Waals surface area contributed by atoms with Gasteiger partial charge in [0.1, 0.15) is 5.60 Å². The van der Waals surface area contributed by atoms with E-state index in [1.165, 1.54) is 30.3 Å². The first-order valence-electron chi connectivity index (χ1n) is 7.48. The molecule has 0 unspecified atom stereocenters. The van der Waals surface area contributed by atoms with Crippen molar-refractivity contribution in [3.8, 4) is 0 Å². The fourth-order valence-corrected chi connectivity index (χ4v) is 1.83. The minimum absolute atomic E-state index is 0.195. The van der Waals surface area contributed by atoms with Gasteiger partial charge in [-0.3, -0.25) is 14.5 Å². The Morgan fingerprint density at radius 3 is 2.29 bits per heavy atom. The zero-order valence-electron chi connectivity index (χ0n) is 14.0. The van der Waals surface area contributed by atoms with Crippen molar-refractivity contribution >= 4 is 23.5 Å². The Kier molecular flexibility index (Phi) is 5.16. The molecule has 2 rings (SSSR count). The van der Waals surface area contributed by atoms with Gasteiger partial charge in [-0.05, 0) is 56.5 Å². The van der Waals surface area contributed by atoms with E-state index in [0.717, 1.165) is 4.90 Å². The summed E-state index contributed by atoms with van der Waals surface area (Å²) in [4.78, 5) is 46.1. The average Bonchev–Trinajstić information content (AvgIpc) is 2.80. The van der Waals surface area contributed by atoms with Crippen LogP contribution >= 0.6 is 0 Å². The van der Waals surface area contributed by atoms with Gasteiger partial charge in [-0.1, -0.05) is 6.92 Å². The van der Waals surface area contributed by atoms with Gasteiger partial charge in [-0.15, -0.1) is 0 Å². The van der Waals surface area contributed by atoms with Crippen LogP contribution in [-0.2, 0) is 24.4 Å². The number of benzene rings is 1. The summed E-state index contributed by atoms with van der Waals surface area (Å²) in [7, 11) is 0. The third-order valence-corrected chi connectivity index (χ3v) is 3.68. The smallest absolute Gasteiger partial charge is 0.269 e. The van der Waals surface area contributed by atoms with Gasteiger partial charge in [0.25, 0.3) is 11.8 Å². The Labute approximate surface area is 139 Å². The first-order valence-corrected chi connectivity index (χ1v) is 7.48. The standard InChI is InChI=1S/C17H19NO6/c1-5-17(3,4)23-24-22-16(21)12-6-8-13(9-7-12)18-14(19)10-11(2)15(18)20/h6-10H,5H2,1-4H3. The molecule has 1 aromatic carbocycles. The molecule has 0 bridgehead atoms. The monoisotopic (exact) mass is 333 g/mol. The average molecular weight is 333 g/mol. The van der Waals surface area contributed by atoms with Crippen LogP contribution in [0.3, 0.4) is 0 Å². The maximum Gasteiger partial charge on any atom is 0.376 e. The first kappa shape index (κ1) is 17.8. The normalized spacial score (nSPS) is 14.8. The molecule has 1 aliphatic heterocycles. The summed E-state index contributed by atoms with van der Waals surface area (Å²) in [5.41, 5.74) is 0.359. The second kappa shape index (κ2) is 6.94. The van der Waals surface area contributed by atoms with Crippen molar-refractivity contribution in [3.63, 3.8) is 0 Å². The fourth-order valence-electron chi connectivity index (χ4n) is 1.83. The summed E-state index contributed by atoms with van der Waals surface area (Å²) >= 11 is 0. The Morgan fingerprint density at radius 1 is 1.17 bits per heavy atom. The lowest BCUT2D eigenvalue weighted by Gasteiger charge is -2.19. The number of carbonyl (C=O) groups excluding carboxylic acids is 3. The molecule has 1 heterocycles. The van der Waals surface area contributed by atoms with Gasteiger partial charge < -0.3 is 0 Å². The number of hydrogen-bond acceptors (Lipinski definition) is 6. The molecule has 0 aliphatic carbocycles. The van der Waals surface area contributed by atoms with E-state index in [4.69, 9.17) is 4.89 Å². The number of rotatable bonds is 6. The Morgan fingerprint density at radius 2 is 1.79 bits per heavy atom. The number of nitrogens with zero attached hydrogens (tertiary/aromatic N) is 1. The van der Waals surface area contributed by atoms with Crippen LogP contribution in [0.15, 0.2) is 35.9 Å². The molecule has 2 amide bonds. The van der Waals surface area contributed by atoms with Crippen LogP contribution in [0, 0.1) is 0 Å². The van der Waals surface area contributed by atoms with Crippen LogP contribution in [0.1, 0.15) is 44.5 Å². The lowest BCUT2D eigenvalue weighted by atomic mass is 10.1. The molecule has 0 atom stereocenters. The quantitative estimate of drug-likeness (QED) is 0.452. The van der Waals surface area contributed by atoms with Crippen molar-refractivity contribution in [2.75, 3.05) is 4.90 Å². The van der Waals surface area contributed by atoms with Crippen molar-refractivity contribution in [1.82, 2.24) is 0 Å². The van der Waals surface area contributed by atoms with E-state index in [-0.39, 0.29) is 11.5 Å². The highest BCUT2D eigenvalue weighted by molar-refractivity contribution is 6.30. The van der Waals surface area contributed by atoms with E-state index in [1.807, 2.05) is 6.92 Å².